The van der Waals surface area contributed by atoms with Crippen LogP contribution in [-0.4, -0.2) is 19.3 Å². The zero-order valence-corrected chi connectivity index (χ0v) is 8.36. The van der Waals surface area contributed by atoms with Gasteiger partial charge in [0.05, 0.1) is 18.4 Å². The number of nitrogen functional groups attached to an aromatic ring is 1. The molecule has 2 rings (SSSR count). The lowest BCUT2D eigenvalue weighted by Gasteiger charge is -2.27. The van der Waals surface area contributed by atoms with E-state index in [9.17, 15) is 0 Å². The van der Waals surface area contributed by atoms with Gasteiger partial charge >= 0.3 is 0 Å². The standard InChI is InChI=1S/C11H13N3O/c1-13-8-2-3-11(10(12)6-8)14-7-9-4-5-15-9/h2-3,6,9,14H,4-5,7,12H2/t9-/m0/s1. The van der Waals surface area contributed by atoms with Crippen molar-refractivity contribution in [3.05, 3.63) is 29.6 Å². The monoisotopic (exact) mass is 203 g/mol. The van der Waals surface area contributed by atoms with Crippen LogP contribution in [0.4, 0.5) is 17.1 Å². The number of hydrogen-bond acceptors (Lipinski definition) is 3. The third kappa shape index (κ3) is 2.20. The minimum Gasteiger partial charge on any atom is -0.398 e. The summed E-state index contributed by atoms with van der Waals surface area (Å²) < 4.78 is 5.29. The molecule has 1 aromatic rings. The number of ether oxygens (including phenoxy) is 1. The van der Waals surface area contributed by atoms with Gasteiger partial charge < -0.3 is 15.8 Å². The van der Waals surface area contributed by atoms with Crippen molar-refractivity contribution in [2.75, 3.05) is 24.2 Å². The first-order valence-electron chi connectivity index (χ1n) is 4.92. The zero-order valence-electron chi connectivity index (χ0n) is 8.36. The highest BCUT2D eigenvalue weighted by Crippen LogP contribution is 2.25. The molecule has 0 saturated carbocycles. The SMILES string of the molecule is [C-]#[N+]c1ccc(NC[C@@H]2CCO2)c(N)c1. The first-order valence-corrected chi connectivity index (χ1v) is 4.92. The topological polar surface area (TPSA) is 51.6 Å². The van der Waals surface area contributed by atoms with Crippen LogP contribution in [0.1, 0.15) is 6.42 Å². The lowest BCUT2D eigenvalue weighted by Crippen LogP contribution is -2.33. The van der Waals surface area contributed by atoms with Crippen LogP contribution >= 0.6 is 0 Å². The molecule has 1 aliphatic rings. The summed E-state index contributed by atoms with van der Waals surface area (Å²) in [6.45, 7) is 8.49. The minimum absolute atomic E-state index is 0.310. The van der Waals surface area contributed by atoms with E-state index in [1.54, 1.807) is 12.1 Å². The molecule has 1 fully saturated rings. The van der Waals surface area contributed by atoms with E-state index in [1.807, 2.05) is 6.07 Å². The molecule has 4 nitrogen and oxygen atoms in total. The van der Waals surface area contributed by atoms with Crippen molar-refractivity contribution in [2.24, 2.45) is 0 Å². The molecule has 4 heteroatoms. The zero-order chi connectivity index (χ0) is 10.7. The molecule has 0 aliphatic carbocycles. The van der Waals surface area contributed by atoms with Crippen LogP contribution in [0.5, 0.6) is 0 Å². The molecule has 1 heterocycles. The van der Waals surface area contributed by atoms with Gasteiger partial charge in [-0.05, 0) is 18.6 Å². The Morgan fingerprint density at radius 3 is 2.93 bits per heavy atom. The summed E-state index contributed by atoms with van der Waals surface area (Å²) in [7, 11) is 0. The van der Waals surface area contributed by atoms with Crippen LogP contribution in [0.2, 0.25) is 0 Å². The maximum Gasteiger partial charge on any atom is 0.189 e. The first-order chi connectivity index (χ1) is 7.29. The van der Waals surface area contributed by atoms with Crippen LogP contribution in [-0.2, 0) is 4.74 Å². The maximum atomic E-state index is 6.85. The molecular formula is C11H13N3O. The van der Waals surface area contributed by atoms with Gasteiger partial charge in [-0.2, -0.15) is 0 Å². The molecule has 0 aromatic heterocycles. The minimum atomic E-state index is 0.310. The van der Waals surface area contributed by atoms with Crippen molar-refractivity contribution in [1.29, 1.82) is 0 Å². The summed E-state index contributed by atoms with van der Waals surface area (Å²) in [6.07, 6.45) is 1.41. The maximum absolute atomic E-state index is 6.85. The van der Waals surface area contributed by atoms with E-state index in [-0.39, 0.29) is 0 Å². The van der Waals surface area contributed by atoms with Gasteiger partial charge in [-0.1, -0.05) is 6.07 Å². The number of hydrogen-bond donors (Lipinski definition) is 2. The van der Waals surface area contributed by atoms with E-state index in [1.165, 1.54) is 0 Å². The van der Waals surface area contributed by atoms with Crippen LogP contribution < -0.4 is 11.1 Å². The third-order valence-electron chi connectivity index (χ3n) is 2.48. The van der Waals surface area contributed by atoms with Crippen LogP contribution in [0, 0.1) is 6.57 Å². The van der Waals surface area contributed by atoms with Crippen molar-refractivity contribution in [2.45, 2.75) is 12.5 Å². The lowest BCUT2D eigenvalue weighted by molar-refractivity contribution is -0.0410. The summed E-state index contributed by atoms with van der Waals surface area (Å²) in [5.74, 6) is 0. The molecule has 0 spiro atoms. The number of nitrogens with one attached hydrogen (secondary N) is 1. The highest BCUT2D eigenvalue weighted by Gasteiger charge is 2.17. The van der Waals surface area contributed by atoms with Crippen molar-refractivity contribution >= 4 is 17.1 Å². The van der Waals surface area contributed by atoms with E-state index in [0.29, 0.717) is 17.5 Å². The summed E-state index contributed by atoms with van der Waals surface area (Å²) in [5, 5.41) is 3.21. The van der Waals surface area contributed by atoms with Gasteiger partial charge in [0.15, 0.2) is 5.69 Å². The van der Waals surface area contributed by atoms with E-state index in [2.05, 4.69) is 10.2 Å². The highest BCUT2D eigenvalue weighted by atomic mass is 16.5. The van der Waals surface area contributed by atoms with Gasteiger partial charge in [-0.15, -0.1) is 0 Å². The Kier molecular flexibility index (Phi) is 2.75. The van der Waals surface area contributed by atoms with Crippen molar-refractivity contribution in [3.8, 4) is 0 Å². The van der Waals surface area contributed by atoms with Gasteiger partial charge in [0.1, 0.15) is 0 Å². The number of benzene rings is 1. The van der Waals surface area contributed by atoms with Crippen LogP contribution in [0.3, 0.4) is 0 Å². The fourth-order valence-corrected chi connectivity index (χ4v) is 1.45. The molecule has 0 radical (unpaired) electrons. The summed E-state index contributed by atoms with van der Waals surface area (Å²) in [4.78, 5) is 3.31. The van der Waals surface area contributed by atoms with E-state index in [0.717, 1.165) is 25.3 Å². The average Bonchev–Trinajstić information content (AvgIpc) is 2.18. The van der Waals surface area contributed by atoms with Gasteiger partial charge in [0.25, 0.3) is 0 Å². The Morgan fingerprint density at radius 1 is 1.60 bits per heavy atom. The molecule has 0 unspecified atom stereocenters. The molecule has 1 saturated heterocycles. The average molecular weight is 203 g/mol. The Hall–Kier alpha value is -1.73. The van der Waals surface area contributed by atoms with Gasteiger partial charge in [-0.3, -0.25) is 0 Å². The summed E-state index contributed by atoms with van der Waals surface area (Å²) >= 11 is 0. The molecule has 0 amide bonds. The lowest BCUT2D eigenvalue weighted by atomic mass is 10.2. The van der Waals surface area contributed by atoms with Crippen molar-refractivity contribution in [1.82, 2.24) is 0 Å². The number of rotatable bonds is 3. The Balaban J connectivity index is 1.98. The second kappa shape index (κ2) is 4.20. The number of nitrogens with two attached hydrogens (primary N) is 1. The van der Waals surface area contributed by atoms with Crippen molar-refractivity contribution in [3.63, 3.8) is 0 Å². The molecule has 1 aromatic carbocycles. The molecule has 0 bridgehead atoms. The normalized spacial score (nSPS) is 19.0. The molecular weight excluding hydrogens is 190 g/mol. The van der Waals surface area contributed by atoms with E-state index >= 15 is 0 Å². The smallest absolute Gasteiger partial charge is 0.189 e. The molecule has 3 N–H and O–H groups in total. The van der Waals surface area contributed by atoms with Crippen LogP contribution in [0.25, 0.3) is 4.85 Å². The predicted octanol–water partition coefficient (Wildman–Crippen LogP) is 2.02. The first kappa shape index (κ1) is 9.81. The highest BCUT2D eigenvalue weighted by molar-refractivity contribution is 5.71. The summed E-state index contributed by atoms with van der Waals surface area (Å²) in [6, 6.07) is 5.27. The second-order valence-electron chi connectivity index (χ2n) is 3.55. The fraction of sp³-hybridized carbons (Fsp3) is 0.364. The van der Waals surface area contributed by atoms with Gasteiger partial charge in [0, 0.05) is 18.8 Å². The van der Waals surface area contributed by atoms with Gasteiger partial charge in [-0.25, -0.2) is 4.85 Å². The Labute approximate surface area is 88.9 Å². The number of anilines is 2. The molecule has 1 aliphatic heterocycles. The molecule has 78 valence electrons. The number of nitrogens with zero attached hydrogens (tertiary/aromatic N) is 1. The fourth-order valence-electron chi connectivity index (χ4n) is 1.45. The van der Waals surface area contributed by atoms with Gasteiger partial charge in [0.2, 0.25) is 0 Å². The van der Waals surface area contributed by atoms with E-state index in [4.69, 9.17) is 17.0 Å². The quantitative estimate of drug-likeness (QED) is 0.583. The Bertz CT molecular complexity index is 393. The molecule has 1 atom stereocenters. The summed E-state index contributed by atoms with van der Waals surface area (Å²) in [5.41, 5.74) is 7.85. The Morgan fingerprint density at radius 2 is 2.40 bits per heavy atom. The van der Waals surface area contributed by atoms with Crippen LogP contribution in [0.15, 0.2) is 18.2 Å². The largest absolute Gasteiger partial charge is 0.398 e. The molecule has 15 heavy (non-hydrogen) atoms. The second-order valence-corrected chi connectivity index (χ2v) is 3.55. The van der Waals surface area contributed by atoms with Crippen molar-refractivity contribution < 1.29 is 4.74 Å². The van der Waals surface area contributed by atoms with E-state index < -0.39 is 0 Å². The predicted molar refractivity (Wildman–Crippen MR) is 60.0 cm³/mol. The third-order valence-corrected chi connectivity index (χ3v) is 2.48.